The summed E-state index contributed by atoms with van der Waals surface area (Å²) >= 11 is 0. The highest BCUT2D eigenvalue weighted by Gasteiger charge is 2.47. The number of hydrogen-bond donors (Lipinski definition) is 0. The van der Waals surface area contributed by atoms with Gasteiger partial charge >= 0.3 is 0 Å². The summed E-state index contributed by atoms with van der Waals surface area (Å²) in [5, 5.41) is 0. The molecule has 0 bridgehead atoms. The number of fused-ring (bicyclic) bond motifs is 1. The molecule has 7 nitrogen and oxygen atoms in total. The van der Waals surface area contributed by atoms with E-state index in [0.717, 1.165) is 25.2 Å². The Morgan fingerprint density at radius 3 is 2.77 bits per heavy atom. The van der Waals surface area contributed by atoms with E-state index in [1.807, 2.05) is 13.0 Å². The highest BCUT2D eigenvalue weighted by molar-refractivity contribution is 7.89. The Kier molecular flexibility index (Phi) is 4.22. The fraction of sp³-hybridized carbons (Fsp3) is 0.714. The second-order valence-electron chi connectivity index (χ2n) is 5.75. The third-order valence-corrected chi connectivity index (χ3v) is 6.57. The van der Waals surface area contributed by atoms with Crippen molar-refractivity contribution in [1.82, 2.24) is 14.3 Å². The summed E-state index contributed by atoms with van der Waals surface area (Å²) < 4.78 is 31.6. The zero-order valence-electron chi connectivity index (χ0n) is 13.0. The van der Waals surface area contributed by atoms with Gasteiger partial charge in [0.15, 0.2) is 0 Å². The van der Waals surface area contributed by atoms with Gasteiger partial charge in [-0.25, -0.2) is 18.4 Å². The minimum absolute atomic E-state index is 0.0671. The molecule has 3 rings (SSSR count). The largest absolute Gasteiger partial charge is 0.481 e. The molecule has 2 atom stereocenters. The van der Waals surface area contributed by atoms with E-state index in [0.29, 0.717) is 18.8 Å². The Morgan fingerprint density at radius 1 is 1.27 bits per heavy atom. The molecule has 2 fully saturated rings. The van der Waals surface area contributed by atoms with Gasteiger partial charge in [0.2, 0.25) is 15.9 Å². The minimum atomic E-state index is -3.13. The van der Waals surface area contributed by atoms with Crippen LogP contribution in [0.25, 0.3) is 0 Å². The van der Waals surface area contributed by atoms with Gasteiger partial charge in [-0.05, 0) is 19.3 Å². The summed E-state index contributed by atoms with van der Waals surface area (Å²) in [6.45, 7) is 3.32. The first-order valence-electron chi connectivity index (χ1n) is 7.69. The molecule has 0 aromatic carbocycles. The number of nitrogens with zero attached hydrogens (tertiary/aromatic N) is 4. The first-order chi connectivity index (χ1) is 10.6. The lowest BCUT2D eigenvalue weighted by atomic mass is 10.1. The number of methoxy groups -OCH3 is 1. The van der Waals surface area contributed by atoms with Crippen LogP contribution < -0.4 is 9.64 Å². The second-order valence-corrected chi connectivity index (χ2v) is 7.79. The first kappa shape index (κ1) is 15.5. The third kappa shape index (κ3) is 2.65. The van der Waals surface area contributed by atoms with Crippen molar-refractivity contribution in [2.75, 3.05) is 30.9 Å². The number of anilines is 1. The Morgan fingerprint density at radius 2 is 2.05 bits per heavy atom. The highest BCUT2D eigenvalue weighted by atomic mass is 32.2. The highest BCUT2D eigenvalue weighted by Crippen LogP contribution is 2.36. The molecule has 1 aromatic heterocycles. The Labute approximate surface area is 131 Å². The van der Waals surface area contributed by atoms with E-state index < -0.39 is 10.0 Å². The van der Waals surface area contributed by atoms with Crippen LogP contribution in [0.15, 0.2) is 12.4 Å². The summed E-state index contributed by atoms with van der Waals surface area (Å²) in [6, 6.07) is 2.08. The standard InChI is InChI=1S/C14H22N4O3S/c1-3-8-22(19,20)18-7-5-11-12(18)4-6-17(11)13-9-14(21-2)16-10-15-13/h9-12H,3-8H2,1-2H3/t11-,12+/m1/s1. The molecule has 0 N–H and O–H groups in total. The van der Waals surface area contributed by atoms with Crippen molar-refractivity contribution >= 4 is 15.8 Å². The summed E-state index contributed by atoms with van der Waals surface area (Å²) in [5.41, 5.74) is 0. The summed E-state index contributed by atoms with van der Waals surface area (Å²) in [5.74, 6) is 1.58. The van der Waals surface area contributed by atoms with Gasteiger partial charge in [-0.1, -0.05) is 6.92 Å². The SMILES string of the molecule is CCCS(=O)(=O)N1CC[C@@H]2[C@@H]1CCN2c1cc(OC)ncn1. The first-order valence-corrected chi connectivity index (χ1v) is 9.30. The molecule has 22 heavy (non-hydrogen) atoms. The lowest BCUT2D eigenvalue weighted by molar-refractivity contribution is 0.387. The Hall–Kier alpha value is -1.41. The van der Waals surface area contributed by atoms with Crippen molar-refractivity contribution in [2.24, 2.45) is 0 Å². The van der Waals surface area contributed by atoms with Crippen LogP contribution >= 0.6 is 0 Å². The van der Waals surface area contributed by atoms with Crippen LogP contribution in [0.1, 0.15) is 26.2 Å². The van der Waals surface area contributed by atoms with Crippen LogP contribution in [0, 0.1) is 0 Å². The van der Waals surface area contributed by atoms with Gasteiger partial charge < -0.3 is 9.64 Å². The van der Waals surface area contributed by atoms with Crippen LogP contribution in [0.3, 0.4) is 0 Å². The molecule has 2 aliphatic heterocycles. The average molecular weight is 326 g/mol. The lowest BCUT2D eigenvalue weighted by Crippen LogP contribution is -2.40. The van der Waals surface area contributed by atoms with Crippen molar-refractivity contribution in [3.8, 4) is 5.88 Å². The maximum atomic E-state index is 12.4. The van der Waals surface area contributed by atoms with Crippen LogP contribution in [-0.2, 0) is 10.0 Å². The zero-order chi connectivity index (χ0) is 15.7. The van der Waals surface area contributed by atoms with Crippen molar-refractivity contribution < 1.29 is 13.2 Å². The van der Waals surface area contributed by atoms with Crippen molar-refractivity contribution in [1.29, 1.82) is 0 Å². The Bertz CT molecular complexity index is 637. The number of sulfonamides is 1. The third-order valence-electron chi connectivity index (χ3n) is 4.48. The molecular formula is C14H22N4O3S. The molecule has 0 amide bonds. The number of rotatable bonds is 5. The van der Waals surface area contributed by atoms with Crippen molar-refractivity contribution in [2.45, 2.75) is 38.3 Å². The van der Waals surface area contributed by atoms with Gasteiger partial charge in [0.05, 0.1) is 12.9 Å². The molecule has 0 aliphatic carbocycles. The van der Waals surface area contributed by atoms with Crippen LogP contribution in [0.2, 0.25) is 0 Å². The smallest absolute Gasteiger partial charge is 0.218 e. The topological polar surface area (TPSA) is 75.6 Å². The molecule has 0 radical (unpaired) electrons. The van der Waals surface area contributed by atoms with Crippen LogP contribution in [0.5, 0.6) is 5.88 Å². The van der Waals surface area contributed by atoms with E-state index in [1.54, 1.807) is 11.4 Å². The fourth-order valence-corrected chi connectivity index (χ4v) is 5.34. The number of aromatic nitrogens is 2. The molecular weight excluding hydrogens is 304 g/mol. The monoisotopic (exact) mass is 326 g/mol. The van der Waals surface area contributed by atoms with Gasteiger partial charge in [-0.3, -0.25) is 0 Å². The fourth-order valence-electron chi connectivity index (χ4n) is 3.55. The van der Waals surface area contributed by atoms with E-state index in [4.69, 9.17) is 4.74 Å². The van der Waals surface area contributed by atoms with Gasteiger partial charge in [0, 0.05) is 31.2 Å². The van der Waals surface area contributed by atoms with Crippen molar-refractivity contribution in [3.05, 3.63) is 12.4 Å². The normalized spacial score (nSPS) is 25.5. The summed E-state index contributed by atoms with van der Waals surface area (Å²) in [6.07, 6.45) is 3.84. The molecule has 0 spiro atoms. The van der Waals surface area contributed by atoms with E-state index in [2.05, 4.69) is 14.9 Å². The quantitative estimate of drug-likeness (QED) is 0.799. The molecule has 2 saturated heterocycles. The molecule has 122 valence electrons. The second kappa shape index (κ2) is 6.00. The van der Waals surface area contributed by atoms with Crippen LogP contribution in [-0.4, -0.2) is 60.7 Å². The molecule has 2 aliphatic rings. The maximum absolute atomic E-state index is 12.4. The van der Waals surface area contributed by atoms with Crippen molar-refractivity contribution in [3.63, 3.8) is 0 Å². The predicted octanol–water partition coefficient (Wildman–Crippen LogP) is 0.878. The summed E-state index contributed by atoms with van der Waals surface area (Å²) in [7, 11) is -1.56. The van der Waals surface area contributed by atoms with Crippen LogP contribution in [0.4, 0.5) is 5.82 Å². The number of ether oxygens (including phenoxy) is 1. The van der Waals surface area contributed by atoms with E-state index in [1.165, 1.54) is 6.33 Å². The van der Waals surface area contributed by atoms with Gasteiger partial charge in [0.25, 0.3) is 0 Å². The average Bonchev–Trinajstić information content (AvgIpc) is 3.08. The summed E-state index contributed by atoms with van der Waals surface area (Å²) in [4.78, 5) is 10.5. The lowest BCUT2D eigenvalue weighted by Gasteiger charge is -2.26. The van der Waals surface area contributed by atoms with Gasteiger partial charge in [-0.15, -0.1) is 0 Å². The molecule has 1 aromatic rings. The van der Waals surface area contributed by atoms with E-state index in [9.17, 15) is 8.42 Å². The van der Waals surface area contributed by atoms with E-state index in [-0.39, 0.29) is 17.8 Å². The zero-order valence-corrected chi connectivity index (χ0v) is 13.8. The van der Waals surface area contributed by atoms with Gasteiger partial charge in [0.1, 0.15) is 12.1 Å². The van der Waals surface area contributed by atoms with E-state index >= 15 is 0 Å². The molecule has 0 saturated carbocycles. The number of hydrogen-bond acceptors (Lipinski definition) is 6. The maximum Gasteiger partial charge on any atom is 0.218 e. The molecule has 8 heteroatoms. The Balaban J connectivity index is 1.80. The molecule has 3 heterocycles. The molecule has 0 unspecified atom stereocenters. The minimum Gasteiger partial charge on any atom is -0.481 e. The van der Waals surface area contributed by atoms with Gasteiger partial charge in [-0.2, -0.15) is 4.31 Å². The predicted molar refractivity (Wildman–Crippen MR) is 83.5 cm³/mol.